The van der Waals surface area contributed by atoms with Crippen molar-refractivity contribution in [3.8, 4) is 0 Å². The van der Waals surface area contributed by atoms with Gasteiger partial charge in [0.2, 0.25) is 0 Å². The van der Waals surface area contributed by atoms with Crippen LogP contribution in [0.5, 0.6) is 0 Å². The van der Waals surface area contributed by atoms with E-state index in [4.69, 9.17) is 11.6 Å². The summed E-state index contributed by atoms with van der Waals surface area (Å²) < 4.78 is 26.9. The van der Waals surface area contributed by atoms with Gasteiger partial charge in [-0.05, 0) is 13.8 Å². The lowest BCUT2D eigenvalue weighted by atomic mass is 10.4. The number of piperazine rings is 1. The lowest BCUT2D eigenvalue weighted by Crippen LogP contribution is -2.53. The molecule has 0 atom stereocenters. The molecule has 21 heavy (non-hydrogen) atoms. The number of carbonyl (C=O) groups excluding carboxylic acids is 1. The smallest absolute Gasteiger partial charge is 0.317 e. The first kappa shape index (κ1) is 16.5. The summed E-state index contributed by atoms with van der Waals surface area (Å²) >= 11 is 6.74. The molecule has 1 fully saturated rings. The molecule has 0 radical (unpaired) electrons. The van der Waals surface area contributed by atoms with Crippen LogP contribution < -0.4 is 5.32 Å². The molecule has 0 aliphatic carbocycles. The predicted molar refractivity (Wildman–Crippen MR) is 81.3 cm³/mol. The molecule has 1 aliphatic heterocycles. The standard InChI is InChI=1S/C11H17ClN4O3S2/c1-3-13-11(17)15-4-6-16(7-5-15)21(18,19)9-8(2)14-10(12)20-9/h3-7H2,1-2H3,(H,13,17). The lowest BCUT2D eigenvalue weighted by Gasteiger charge is -2.33. The Morgan fingerprint density at radius 3 is 2.48 bits per heavy atom. The van der Waals surface area contributed by atoms with Crippen LogP contribution in [0, 0.1) is 6.92 Å². The molecule has 0 bridgehead atoms. The van der Waals surface area contributed by atoms with Crippen molar-refractivity contribution < 1.29 is 13.2 Å². The highest BCUT2D eigenvalue weighted by molar-refractivity contribution is 7.91. The fraction of sp³-hybridized carbons (Fsp3) is 0.636. The Labute approximate surface area is 133 Å². The first-order valence-corrected chi connectivity index (χ1v) is 9.15. The number of amides is 2. The highest BCUT2D eigenvalue weighted by Crippen LogP contribution is 2.29. The molecule has 10 heteroatoms. The number of urea groups is 1. The molecule has 7 nitrogen and oxygen atoms in total. The van der Waals surface area contributed by atoms with Crippen LogP contribution in [0.4, 0.5) is 4.79 Å². The molecule has 2 heterocycles. The van der Waals surface area contributed by atoms with E-state index in [9.17, 15) is 13.2 Å². The van der Waals surface area contributed by atoms with Crippen LogP contribution in [-0.2, 0) is 10.0 Å². The summed E-state index contributed by atoms with van der Waals surface area (Å²) in [7, 11) is -3.59. The second-order valence-corrected chi connectivity index (χ2v) is 8.28. The fourth-order valence-corrected chi connectivity index (χ4v) is 5.40. The van der Waals surface area contributed by atoms with Gasteiger partial charge in [0.15, 0.2) is 8.68 Å². The molecule has 1 aromatic rings. The van der Waals surface area contributed by atoms with Gasteiger partial charge >= 0.3 is 6.03 Å². The van der Waals surface area contributed by atoms with Crippen LogP contribution >= 0.6 is 22.9 Å². The molecule has 0 unspecified atom stereocenters. The third-order valence-electron chi connectivity index (χ3n) is 3.16. The third-order valence-corrected chi connectivity index (χ3v) is 6.90. The maximum Gasteiger partial charge on any atom is 0.317 e. The van der Waals surface area contributed by atoms with Gasteiger partial charge in [-0.25, -0.2) is 18.2 Å². The van der Waals surface area contributed by atoms with Crippen molar-refractivity contribution in [1.29, 1.82) is 0 Å². The summed E-state index contributed by atoms with van der Waals surface area (Å²) in [5.41, 5.74) is 0.413. The van der Waals surface area contributed by atoms with E-state index in [1.165, 1.54) is 4.31 Å². The van der Waals surface area contributed by atoms with Crippen molar-refractivity contribution in [3.05, 3.63) is 10.2 Å². The minimum atomic E-state index is -3.59. The lowest BCUT2D eigenvalue weighted by molar-refractivity contribution is 0.173. The maximum absolute atomic E-state index is 12.5. The first-order chi connectivity index (χ1) is 9.86. The normalized spacial score (nSPS) is 17.0. The Morgan fingerprint density at radius 1 is 1.38 bits per heavy atom. The quantitative estimate of drug-likeness (QED) is 0.884. The minimum Gasteiger partial charge on any atom is -0.338 e. The predicted octanol–water partition coefficient (Wildman–Crippen LogP) is 1.14. The van der Waals surface area contributed by atoms with Gasteiger partial charge in [-0.15, -0.1) is 0 Å². The maximum atomic E-state index is 12.5. The molecule has 2 amide bonds. The van der Waals surface area contributed by atoms with Crippen LogP contribution in [0.25, 0.3) is 0 Å². The second kappa shape index (κ2) is 6.47. The molecule has 1 N–H and O–H groups in total. The number of nitrogens with zero attached hydrogens (tertiary/aromatic N) is 3. The van der Waals surface area contributed by atoms with E-state index < -0.39 is 10.0 Å². The summed E-state index contributed by atoms with van der Waals surface area (Å²) in [5, 5.41) is 2.71. The number of aromatic nitrogens is 1. The summed E-state index contributed by atoms with van der Waals surface area (Å²) in [6, 6.07) is -0.161. The van der Waals surface area contributed by atoms with Crippen LogP contribution in [0.1, 0.15) is 12.6 Å². The molecular weight excluding hydrogens is 336 g/mol. The van der Waals surface area contributed by atoms with Crippen LogP contribution in [-0.4, -0.2) is 61.4 Å². The Bertz CT molecular complexity index is 623. The summed E-state index contributed by atoms with van der Waals surface area (Å²) in [6.07, 6.45) is 0. The van der Waals surface area contributed by atoms with Gasteiger partial charge in [-0.3, -0.25) is 0 Å². The summed E-state index contributed by atoms with van der Waals surface area (Å²) in [6.45, 7) is 5.31. The van der Waals surface area contributed by atoms with Crippen LogP contribution in [0.3, 0.4) is 0 Å². The molecule has 1 aromatic heterocycles. The summed E-state index contributed by atoms with van der Waals surface area (Å²) in [5.74, 6) is 0. The van der Waals surface area contributed by atoms with Crippen molar-refractivity contribution in [2.75, 3.05) is 32.7 Å². The first-order valence-electron chi connectivity index (χ1n) is 6.52. The molecule has 1 aliphatic rings. The molecule has 2 rings (SSSR count). The highest BCUT2D eigenvalue weighted by Gasteiger charge is 2.32. The van der Waals surface area contributed by atoms with Gasteiger partial charge in [0.25, 0.3) is 10.0 Å². The number of carbonyl (C=O) groups is 1. The Hall–Kier alpha value is -0.900. The Kier molecular flexibility index (Phi) is 5.07. The number of hydrogen-bond acceptors (Lipinski definition) is 5. The Balaban J connectivity index is 2.08. The zero-order chi connectivity index (χ0) is 15.6. The van der Waals surface area contributed by atoms with E-state index in [2.05, 4.69) is 10.3 Å². The molecule has 0 aromatic carbocycles. The number of sulfonamides is 1. The molecule has 118 valence electrons. The van der Waals surface area contributed by atoms with Crippen molar-refractivity contribution in [3.63, 3.8) is 0 Å². The molecule has 1 saturated heterocycles. The van der Waals surface area contributed by atoms with E-state index in [0.29, 0.717) is 25.3 Å². The SMILES string of the molecule is CCNC(=O)N1CCN(S(=O)(=O)c2sc(Cl)nc2C)CC1. The number of aryl methyl sites for hydroxylation is 1. The average molecular weight is 353 g/mol. The van der Waals surface area contributed by atoms with Crippen molar-refractivity contribution in [1.82, 2.24) is 19.5 Å². The van der Waals surface area contributed by atoms with Crippen LogP contribution in [0.2, 0.25) is 4.47 Å². The monoisotopic (exact) mass is 352 g/mol. The van der Waals surface area contributed by atoms with Crippen molar-refractivity contribution in [2.45, 2.75) is 18.1 Å². The number of rotatable bonds is 3. The highest BCUT2D eigenvalue weighted by atomic mass is 35.5. The fourth-order valence-electron chi connectivity index (χ4n) is 2.10. The van der Waals surface area contributed by atoms with E-state index in [1.807, 2.05) is 6.92 Å². The molecule has 0 spiro atoms. The number of halogens is 1. The topological polar surface area (TPSA) is 82.6 Å². The molecular formula is C11H17ClN4O3S2. The third kappa shape index (κ3) is 3.47. The van der Waals surface area contributed by atoms with Crippen LogP contribution in [0.15, 0.2) is 4.21 Å². The van der Waals surface area contributed by atoms with Gasteiger partial charge in [0, 0.05) is 32.7 Å². The Morgan fingerprint density at radius 2 is 2.00 bits per heavy atom. The number of thiazole rings is 1. The zero-order valence-corrected chi connectivity index (χ0v) is 14.2. The largest absolute Gasteiger partial charge is 0.338 e. The zero-order valence-electron chi connectivity index (χ0n) is 11.8. The molecule has 0 saturated carbocycles. The summed E-state index contributed by atoms with van der Waals surface area (Å²) in [4.78, 5) is 17.3. The number of hydrogen-bond donors (Lipinski definition) is 1. The van der Waals surface area contributed by atoms with E-state index in [-0.39, 0.29) is 27.8 Å². The second-order valence-electron chi connectivity index (χ2n) is 4.57. The van der Waals surface area contributed by atoms with E-state index in [1.54, 1.807) is 11.8 Å². The van der Waals surface area contributed by atoms with E-state index >= 15 is 0 Å². The van der Waals surface area contributed by atoms with E-state index in [0.717, 1.165) is 11.3 Å². The average Bonchev–Trinajstić information content (AvgIpc) is 2.79. The van der Waals surface area contributed by atoms with Gasteiger partial charge in [-0.1, -0.05) is 22.9 Å². The number of nitrogens with one attached hydrogen (secondary N) is 1. The van der Waals surface area contributed by atoms with Gasteiger partial charge in [0.05, 0.1) is 5.69 Å². The van der Waals surface area contributed by atoms with Crippen molar-refractivity contribution in [2.24, 2.45) is 0 Å². The van der Waals surface area contributed by atoms with Gasteiger partial charge in [-0.2, -0.15) is 4.31 Å². The van der Waals surface area contributed by atoms with Crippen molar-refractivity contribution >= 4 is 39.0 Å². The minimum absolute atomic E-state index is 0.161. The van der Waals surface area contributed by atoms with Gasteiger partial charge < -0.3 is 10.2 Å². The van der Waals surface area contributed by atoms with Gasteiger partial charge in [0.1, 0.15) is 0 Å².